The van der Waals surface area contributed by atoms with Crippen LogP contribution in [0.1, 0.15) is 30.9 Å². The fourth-order valence-corrected chi connectivity index (χ4v) is 4.68. The Hall–Kier alpha value is -1.98. The summed E-state index contributed by atoms with van der Waals surface area (Å²) in [5.41, 5.74) is 3.11. The standard InChI is InChI=1S/C19H19ClN4O/c20-17-16-18(22-11-21-17)23-12-24(16)15-6-7-19(8-14(15)19)10-25-9-13-4-2-1-3-5-13/h1-5,11-12,14-15H,6-10H2/t14-,15+,19-/m1/s1. The number of ether oxygens (including phenoxy) is 1. The summed E-state index contributed by atoms with van der Waals surface area (Å²) in [6, 6.07) is 10.8. The molecule has 1 aromatic carbocycles. The Morgan fingerprint density at radius 2 is 2.08 bits per heavy atom. The van der Waals surface area contributed by atoms with E-state index in [1.807, 2.05) is 12.4 Å². The molecule has 2 heterocycles. The molecular weight excluding hydrogens is 336 g/mol. The molecule has 0 saturated heterocycles. The lowest BCUT2D eigenvalue weighted by atomic mass is 10.1. The van der Waals surface area contributed by atoms with Crippen LogP contribution in [0.4, 0.5) is 0 Å². The van der Waals surface area contributed by atoms with Crippen LogP contribution in [0.2, 0.25) is 5.15 Å². The van der Waals surface area contributed by atoms with E-state index in [-0.39, 0.29) is 0 Å². The zero-order valence-corrected chi connectivity index (χ0v) is 14.6. The number of nitrogens with zero attached hydrogens (tertiary/aromatic N) is 4. The molecule has 0 aliphatic heterocycles. The first-order valence-corrected chi connectivity index (χ1v) is 9.09. The van der Waals surface area contributed by atoms with Gasteiger partial charge in [-0.1, -0.05) is 41.9 Å². The Morgan fingerprint density at radius 3 is 2.92 bits per heavy atom. The van der Waals surface area contributed by atoms with Crippen molar-refractivity contribution in [1.29, 1.82) is 0 Å². The summed E-state index contributed by atoms with van der Waals surface area (Å²) in [5, 5.41) is 0.487. The molecule has 6 heteroatoms. The Balaban J connectivity index is 1.29. The van der Waals surface area contributed by atoms with Crippen LogP contribution in [0.3, 0.4) is 0 Å². The molecule has 2 saturated carbocycles. The van der Waals surface area contributed by atoms with Gasteiger partial charge >= 0.3 is 0 Å². The number of halogens is 1. The van der Waals surface area contributed by atoms with Crippen molar-refractivity contribution in [2.45, 2.75) is 31.9 Å². The van der Waals surface area contributed by atoms with Crippen molar-refractivity contribution in [3.05, 3.63) is 53.7 Å². The third-order valence-electron chi connectivity index (χ3n) is 5.83. The van der Waals surface area contributed by atoms with Gasteiger partial charge < -0.3 is 9.30 Å². The van der Waals surface area contributed by atoms with Gasteiger partial charge in [0.25, 0.3) is 0 Å². The van der Waals surface area contributed by atoms with Crippen molar-refractivity contribution < 1.29 is 4.74 Å². The van der Waals surface area contributed by atoms with Gasteiger partial charge in [0, 0.05) is 6.04 Å². The second-order valence-corrected chi connectivity index (χ2v) is 7.60. The van der Waals surface area contributed by atoms with Crippen LogP contribution in [-0.4, -0.2) is 26.1 Å². The molecule has 3 atom stereocenters. The lowest BCUT2D eigenvalue weighted by Gasteiger charge is -2.14. The molecule has 0 spiro atoms. The molecule has 0 N–H and O–H groups in total. The van der Waals surface area contributed by atoms with Gasteiger partial charge in [-0.3, -0.25) is 0 Å². The number of rotatable bonds is 5. The topological polar surface area (TPSA) is 52.8 Å². The van der Waals surface area contributed by atoms with E-state index in [1.165, 1.54) is 24.7 Å². The first kappa shape index (κ1) is 15.3. The van der Waals surface area contributed by atoms with E-state index < -0.39 is 0 Å². The highest BCUT2D eigenvalue weighted by molar-refractivity contribution is 6.33. The Kier molecular flexibility index (Phi) is 3.54. The molecule has 0 amide bonds. The minimum Gasteiger partial charge on any atom is -0.376 e. The van der Waals surface area contributed by atoms with Crippen molar-refractivity contribution >= 4 is 22.8 Å². The van der Waals surface area contributed by atoms with Crippen LogP contribution >= 0.6 is 11.6 Å². The summed E-state index contributed by atoms with van der Waals surface area (Å²) >= 11 is 6.29. The fourth-order valence-electron chi connectivity index (χ4n) is 4.46. The number of hydrogen-bond donors (Lipinski definition) is 0. The van der Waals surface area contributed by atoms with E-state index in [0.717, 1.165) is 18.5 Å². The van der Waals surface area contributed by atoms with E-state index in [0.29, 0.717) is 34.8 Å². The van der Waals surface area contributed by atoms with Crippen molar-refractivity contribution in [3.8, 4) is 0 Å². The highest BCUT2D eigenvalue weighted by Crippen LogP contribution is 2.68. The van der Waals surface area contributed by atoms with E-state index in [1.54, 1.807) is 0 Å². The molecule has 0 bridgehead atoms. The second-order valence-electron chi connectivity index (χ2n) is 7.25. The summed E-state index contributed by atoms with van der Waals surface area (Å²) in [5.74, 6) is 0.636. The second kappa shape index (κ2) is 5.78. The first-order valence-electron chi connectivity index (χ1n) is 8.72. The maximum Gasteiger partial charge on any atom is 0.182 e. The molecule has 2 aromatic heterocycles. The maximum atomic E-state index is 6.29. The third-order valence-corrected chi connectivity index (χ3v) is 6.11. The normalized spacial score (nSPS) is 27.6. The molecule has 5 nitrogen and oxygen atoms in total. The van der Waals surface area contributed by atoms with Gasteiger partial charge in [-0.2, -0.15) is 0 Å². The van der Waals surface area contributed by atoms with E-state index in [4.69, 9.17) is 16.3 Å². The third kappa shape index (κ3) is 2.53. The molecule has 2 fully saturated rings. The molecule has 3 aromatic rings. The lowest BCUT2D eigenvalue weighted by Crippen LogP contribution is -2.11. The van der Waals surface area contributed by atoms with Gasteiger partial charge in [0.2, 0.25) is 0 Å². The molecular formula is C19H19ClN4O. The summed E-state index contributed by atoms with van der Waals surface area (Å²) in [6.45, 7) is 1.52. The number of fused-ring (bicyclic) bond motifs is 2. The summed E-state index contributed by atoms with van der Waals surface area (Å²) in [7, 11) is 0. The van der Waals surface area contributed by atoms with Gasteiger partial charge in [0.1, 0.15) is 11.8 Å². The molecule has 25 heavy (non-hydrogen) atoms. The molecule has 0 radical (unpaired) electrons. The first-order chi connectivity index (χ1) is 12.3. The zero-order valence-electron chi connectivity index (χ0n) is 13.8. The minimum absolute atomic E-state index is 0.332. The summed E-state index contributed by atoms with van der Waals surface area (Å²) in [6.07, 6.45) is 6.89. The lowest BCUT2D eigenvalue weighted by molar-refractivity contribution is 0.0750. The number of benzene rings is 1. The molecule has 2 aliphatic carbocycles. The van der Waals surface area contributed by atoms with Crippen molar-refractivity contribution in [3.63, 3.8) is 0 Å². The van der Waals surface area contributed by atoms with Crippen LogP contribution in [-0.2, 0) is 11.3 Å². The van der Waals surface area contributed by atoms with Crippen LogP contribution in [0, 0.1) is 11.3 Å². The smallest absolute Gasteiger partial charge is 0.182 e. The highest BCUT2D eigenvalue weighted by Gasteiger charge is 2.62. The maximum absolute atomic E-state index is 6.29. The minimum atomic E-state index is 0.332. The molecule has 2 aliphatic rings. The van der Waals surface area contributed by atoms with Gasteiger partial charge in [0.05, 0.1) is 19.5 Å². The predicted molar refractivity (Wildman–Crippen MR) is 95.2 cm³/mol. The highest BCUT2D eigenvalue weighted by atomic mass is 35.5. The fraction of sp³-hybridized carbons (Fsp3) is 0.421. The number of imidazole rings is 1. The SMILES string of the molecule is Clc1ncnc2ncn([C@H]3CC[C@]4(COCc5ccccc5)C[C@H]34)c12. The van der Waals surface area contributed by atoms with Crippen molar-refractivity contribution in [1.82, 2.24) is 19.5 Å². The summed E-state index contributed by atoms with van der Waals surface area (Å²) < 4.78 is 8.24. The van der Waals surface area contributed by atoms with Crippen LogP contribution in [0.5, 0.6) is 0 Å². The number of hydrogen-bond acceptors (Lipinski definition) is 4. The Bertz CT molecular complexity index is 912. The Morgan fingerprint density at radius 1 is 1.20 bits per heavy atom. The van der Waals surface area contributed by atoms with E-state index in [9.17, 15) is 0 Å². The average molecular weight is 355 g/mol. The van der Waals surface area contributed by atoms with E-state index >= 15 is 0 Å². The van der Waals surface area contributed by atoms with Crippen molar-refractivity contribution in [2.24, 2.45) is 11.3 Å². The predicted octanol–water partition coefficient (Wildman–Crippen LogP) is 4.04. The molecule has 128 valence electrons. The molecule has 0 unspecified atom stereocenters. The van der Waals surface area contributed by atoms with Crippen LogP contribution < -0.4 is 0 Å². The van der Waals surface area contributed by atoms with Crippen LogP contribution in [0.15, 0.2) is 43.0 Å². The number of aromatic nitrogens is 4. The molecule has 5 rings (SSSR count). The summed E-state index contributed by atoms with van der Waals surface area (Å²) in [4.78, 5) is 12.7. The van der Waals surface area contributed by atoms with Gasteiger partial charge in [0.15, 0.2) is 10.8 Å². The monoisotopic (exact) mass is 354 g/mol. The van der Waals surface area contributed by atoms with Crippen molar-refractivity contribution in [2.75, 3.05) is 6.61 Å². The van der Waals surface area contributed by atoms with Gasteiger partial charge in [-0.15, -0.1) is 0 Å². The quantitative estimate of drug-likeness (QED) is 0.649. The van der Waals surface area contributed by atoms with Crippen LogP contribution in [0.25, 0.3) is 11.2 Å². The zero-order chi connectivity index (χ0) is 16.9. The average Bonchev–Trinajstić information content (AvgIpc) is 3.00. The van der Waals surface area contributed by atoms with Gasteiger partial charge in [-0.25, -0.2) is 15.0 Å². The largest absolute Gasteiger partial charge is 0.376 e. The Labute approximate surface area is 151 Å². The van der Waals surface area contributed by atoms with E-state index in [2.05, 4.69) is 43.8 Å². The van der Waals surface area contributed by atoms with Gasteiger partial charge in [-0.05, 0) is 36.2 Å².